The predicted molar refractivity (Wildman–Crippen MR) is 115 cm³/mol. The van der Waals surface area contributed by atoms with Crippen molar-refractivity contribution < 1.29 is 4.79 Å². The van der Waals surface area contributed by atoms with Crippen molar-refractivity contribution >= 4 is 23.1 Å². The SMILES string of the molecule is CN(C)Cc1cccc(Nc2ccc(-c3cnc4cnccn34)c3c2C(=O)NC3)n1. The molecule has 1 aliphatic heterocycles. The molecule has 4 aromatic rings. The summed E-state index contributed by atoms with van der Waals surface area (Å²) < 4.78 is 1.98. The third kappa shape index (κ3) is 3.17. The number of hydrogen-bond donors (Lipinski definition) is 2. The van der Waals surface area contributed by atoms with Gasteiger partial charge in [0.1, 0.15) is 5.82 Å². The minimum atomic E-state index is -0.0886. The summed E-state index contributed by atoms with van der Waals surface area (Å²) in [6, 6.07) is 9.82. The topological polar surface area (TPSA) is 87.4 Å². The van der Waals surface area contributed by atoms with Crippen molar-refractivity contribution in [2.24, 2.45) is 0 Å². The number of anilines is 2. The van der Waals surface area contributed by atoms with E-state index in [1.165, 1.54) is 0 Å². The summed E-state index contributed by atoms with van der Waals surface area (Å²) in [6.07, 6.45) is 7.13. The van der Waals surface area contributed by atoms with Gasteiger partial charge in [0.25, 0.3) is 5.91 Å². The Bertz CT molecular complexity index is 1260. The second-order valence-corrected chi connectivity index (χ2v) is 7.52. The Hall–Kier alpha value is -3.78. The number of carbonyl (C=O) groups excluding carboxylic acids is 1. The number of benzene rings is 1. The third-order valence-corrected chi connectivity index (χ3v) is 5.11. The Morgan fingerprint density at radius 3 is 2.97 bits per heavy atom. The molecule has 0 radical (unpaired) electrons. The number of pyridine rings is 1. The average molecular weight is 399 g/mol. The Labute approximate surface area is 173 Å². The molecule has 1 aliphatic rings. The van der Waals surface area contributed by atoms with Gasteiger partial charge in [-0.3, -0.25) is 14.2 Å². The molecule has 2 N–H and O–H groups in total. The number of nitrogens with one attached hydrogen (secondary N) is 2. The van der Waals surface area contributed by atoms with Crippen LogP contribution in [0, 0.1) is 0 Å². The molecular weight excluding hydrogens is 378 g/mol. The first-order valence-electron chi connectivity index (χ1n) is 9.69. The zero-order chi connectivity index (χ0) is 20.7. The van der Waals surface area contributed by atoms with Crippen LogP contribution in [0.25, 0.3) is 16.9 Å². The molecule has 3 aromatic heterocycles. The molecule has 30 heavy (non-hydrogen) atoms. The highest BCUT2D eigenvalue weighted by Crippen LogP contribution is 2.35. The van der Waals surface area contributed by atoms with Gasteiger partial charge >= 0.3 is 0 Å². The maximum atomic E-state index is 12.7. The molecule has 0 bridgehead atoms. The summed E-state index contributed by atoms with van der Waals surface area (Å²) in [6.45, 7) is 1.22. The van der Waals surface area contributed by atoms with E-state index in [-0.39, 0.29) is 5.91 Å². The Morgan fingerprint density at radius 1 is 1.20 bits per heavy atom. The first-order valence-corrected chi connectivity index (χ1v) is 9.69. The average Bonchev–Trinajstić information content (AvgIpc) is 3.33. The minimum absolute atomic E-state index is 0.0886. The molecule has 0 saturated carbocycles. The lowest BCUT2D eigenvalue weighted by molar-refractivity contribution is 0.0966. The van der Waals surface area contributed by atoms with E-state index in [4.69, 9.17) is 0 Å². The number of hydrogen-bond acceptors (Lipinski definition) is 6. The fourth-order valence-electron chi connectivity index (χ4n) is 3.83. The van der Waals surface area contributed by atoms with Crippen LogP contribution in [0.3, 0.4) is 0 Å². The summed E-state index contributed by atoms with van der Waals surface area (Å²) >= 11 is 0. The lowest BCUT2D eigenvalue weighted by atomic mass is 9.99. The van der Waals surface area contributed by atoms with Crippen LogP contribution in [-0.4, -0.2) is 44.3 Å². The van der Waals surface area contributed by atoms with Crippen molar-refractivity contribution in [1.82, 2.24) is 29.6 Å². The summed E-state index contributed by atoms with van der Waals surface area (Å²) in [5.41, 5.74) is 5.97. The molecule has 5 rings (SSSR count). The quantitative estimate of drug-likeness (QED) is 0.537. The van der Waals surface area contributed by atoms with Crippen LogP contribution in [0.5, 0.6) is 0 Å². The van der Waals surface area contributed by atoms with Crippen molar-refractivity contribution in [3.05, 3.63) is 71.9 Å². The molecule has 1 amide bonds. The second kappa shape index (κ2) is 7.23. The minimum Gasteiger partial charge on any atom is -0.348 e. The first kappa shape index (κ1) is 18.3. The first-order chi connectivity index (χ1) is 14.6. The smallest absolute Gasteiger partial charge is 0.254 e. The predicted octanol–water partition coefficient (Wildman–Crippen LogP) is 2.84. The molecule has 4 heterocycles. The third-order valence-electron chi connectivity index (χ3n) is 5.11. The second-order valence-electron chi connectivity index (χ2n) is 7.52. The van der Waals surface area contributed by atoms with Crippen molar-refractivity contribution in [2.45, 2.75) is 13.1 Å². The Kier molecular flexibility index (Phi) is 4.40. The van der Waals surface area contributed by atoms with Gasteiger partial charge in [0.15, 0.2) is 5.65 Å². The van der Waals surface area contributed by atoms with E-state index in [9.17, 15) is 4.79 Å². The van der Waals surface area contributed by atoms with E-state index < -0.39 is 0 Å². The molecule has 0 spiro atoms. The van der Waals surface area contributed by atoms with E-state index in [1.54, 1.807) is 12.4 Å². The number of amides is 1. The molecule has 0 unspecified atom stereocenters. The van der Waals surface area contributed by atoms with Gasteiger partial charge in [-0.2, -0.15) is 0 Å². The summed E-state index contributed by atoms with van der Waals surface area (Å²) in [5.74, 6) is 0.624. The lowest BCUT2D eigenvalue weighted by Gasteiger charge is -2.14. The van der Waals surface area contributed by atoms with Gasteiger partial charge in [-0.05, 0) is 37.9 Å². The van der Waals surface area contributed by atoms with E-state index in [1.807, 2.05) is 61.2 Å². The van der Waals surface area contributed by atoms with Gasteiger partial charge in [0, 0.05) is 31.0 Å². The van der Waals surface area contributed by atoms with Gasteiger partial charge in [-0.15, -0.1) is 0 Å². The molecule has 150 valence electrons. The molecule has 8 nitrogen and oxygen atoms in total. The number of carbonyl (C=O) groups is 1. The normalized spacial score (nSPS) is 13.0. The van der Waals surface area contributed by atoms with Crippen LogP contribution < -0.4 is 10.6 Å². The molecule has 0 atom stereocenters. The van der Waals surface area contributed by atoms with Crippen molar-refractivity contribution in [1.29, 1.82) is 0 Å². The zero-order valence-corrected chi connectivity index (χ0v) is 16.8. The summed E-state index contributed by atoms with van der Waals surface area (Å²) in [7, 11) is 4.02. The molecule has 8 heteroatoms. The number of imidazole rings is 1. The number of rotatable bonds is 5. The fourth-order valence-corrected chi connectivity index (χ4v) is 3.83. The van der Waals surface area contributed by atoms with Gasteiger partial charge in [-0.1, -0.05) is 12.1 Å². The Morgan fingerprint density at radius 2 is 2.10 bits per heavy atom. The van der Waals surface area contributed by atoms with Gasteiger partial charge in [-0.25, -0.2) is 9.97 Å². The van der Waals surface area contributed by atoms with Gasteiger partial charge < -0.3 is 15.5 Å². The van der Waals surface area contributed by atoms with Crippen LogP contribution in [0.15, 0.2) is 55.1 Å². The monoisotopic (exact) mass is 399 g/mol. The number of nitrogens with zero attached hydrogens (tertiary/aromatic N) is 5. The maximum Gasteiger partial charge on any atom is 0.254 e. The van der Waals surface area contributed by atoms with Crippen LogP contribution >= 0.6 is 0 Å². The number of fused-ring (bicyclic) bond motifs is 2. The maximum absolute atomic E-state index is 12.7. The van der Waals surface area contributed by atoms with Crippen LogP contribution in [0.2, 0.25) is 0 Å². The van der Waals surface area contributed by atoms with Gasteiger partial charge in [0.05, 0.1) is 35.0 Å². The highest BCUT2D eigenvalue weighted by molar-refractivity contribution is 6.06. The standard InChI is InChI=1S/C22H21N7O/c1-28(2)13-14-4-3-5-19(26-14)27-17-7-6-15(16-10-25-22(30)21(16)17)18-11-24-20-12-23-8-9-29(18)20/h3-9,11-12H,10,13H2,1-2H3,(H,25,30)(H,26,27). The van der Waals surface area contributed by atoms with Crippen molar-refractivity contribution in [3.8, 4) is 11.3 Å². The van der Waals surface area contributed by atoms with Crippen molar-refractivity contribution in [3.63, 3.8) is 0 Å². The van der Waals surface area contributed by atoms with E-state index in [0.717, 1.165) is 40.4 Å². The van der Waals surface area contributed by atoms with E-state index >= 15 is 0 Å². The fraction of sp³-hybridized carbons (Fsp3) is 0.182. The summed E-state index contributed by atoms with van der Waals surface area (Å²) in [4.78, 5) is 27.9. The molecule has 0 fully saturated rings. The molecule has 0 saturated heterocycles. The molecule has 0 aliphatic carbocycles. The van der Waals surface area contributed by atoms with Crippen molar-refractivity contribution in [2.75, 3.05) is 19.4 Å². The zero-order valence-electron chi connectivity index (χ0n) is 16.8. The summed E-state index contributed by atoms with van der Waals surface area (Å²) in [5, 5.41) is 6.29. The van der Waals surface area contributed by atoms with E-state index in [2.05, 4.69) is 30.5 Å². The van der Waals surface area contributed by atoms with Crippen LogP contribution in [0.4, 0.5) is 11.5 Å². The Balaban J connectivity index is 1.56. The highest BCUT2D eigenvalue weighted by atomic mass is 16.1. The van der Waals surface area contributed by atoms with Crippen LogP contribution in [-0.2, 0) is 13.1 Å². The van der Waals surface area contributed by atoms with Crippen LogP contribution in [0.1, 0.15) is 21.6 Å². The highest BCUT2D eigenvalue weighted by Gasteiger charge is 2.27. The van der Waals surface area contributed by atoms with E-state index in [0.29, 0.717) is 17.9 Å². The molecule has 1 aromatic carbocycles. The largest absolute Gasteiger partial charge is 0.348 e. The molecular formula is C22H21N7O. The number of aromatic nitrogens is 4. The van der Waals surface area contributed by atoms with Gasteiger partial charge in [0.2, 0.25) is 0 Å². The lowest BCUT2D eigenvalue weighted by Crippen LogP contribution is -2.14.